The molecule has 0 bridgehead atoms. The Kier molecular flexibility index (Phi) is 6.45. The maximum atomic E-state index is 14.1. The summed E-state index contributed by atoms with van der Waals surface area (Å²) in [5.41, 5.74) is 1.85. The van der Waals surface area contributed by atoms with E-state index in [0.717, 1.165) is 13.0 Å². The van der Waals surface area contributed by atoms with E-state index >= 15 is 0 Å². The van der Waals surface area contributed by atoms with Gasteiger partial charge < -0.3 is 5.32 Å². The molecule has 0 spiro atoms. The summed E-state index contributed by atoms with van der Waals surface area (Å²) in [6.07, 6.45) is 1.63. The highest BCUT2D eigenvalue weighted by Crippen LogP contribution is 2.26. The third-order valence-corrected chi connectivity index (χ3v) is 4.65. The van der Waals surface area contributed by atoms with Crippen molar-refractivity contribution < 1.29 is 4.39 Å². The van der Waals surface area contributed by atoms with Crippen molar-refractivity contribution in [2.75, 3.05) is 6.54 Å². The van der Waals surface area contributed by atoms with Crippen molar-refractivity contribution in [2.45, 2.75) is 25.8 Å². The fraction of sp³-hybridized carbons (Fsp3) is 0.294. The Hall–Kier alpha value is -0.650. The molecular weight excluding hydrogens is 400 g/mol. The summed E-state index contributed by atoms with van der Waals surface area (Å²) in [4.78, 5) is 0. The molecule has 21 heavy (non-hydrogen) atoms. The van der Waals surface area contributed by atoms with Crippen molar-refractivity contribution in [3.05, 3.63) is 68.0 Å². The molecule has 0 aliphatic heterocycles. The van der Waals surface area contributed by atoms with Gasteiger partial charge in [-0.2, -0.15) is 0 Å². The monoisotopic (exact) mass is 417 g/mol. The minimum Gasteiger partial charge on any atom is -0.310 e. The second-order valence-electron chi connectivity index (χ2n) is 4.95. The maximum Gasteiger partial charge on any atom is 0.145 e. The molecule has 2 aromatic carbocycles. The van der Waals surface area contributed by atoms with Crippen LogP contribution in [0.1, 0.15) is 30.5 Å². The van der Waals surface area contributed by atoms with E-state index in [-0.39, 0.29) is 16.9 Å². The largest absolute Gasteiger partial charge is 0.310 e. The molecule has 0 fully saturated rings. The van der Waals surface area contributed by atoms with Crippen LogP contribution in [0.4, 0.5) is 4.39 Å². The molecule has 2 rings (SSSR count). The number of halogens is 3. The van der Waals surface area contributed by atoms with E-state index in [0.29, 0.717) is 12.0 Å². The Labute approximate surface area is 144 Å². The highest BCUT2D eigenvalue weighted by molar-refractivity contribution is 14.1. The molecule has 0 saturated carbocycles. The smallest absolute Gasteiger partial charge is 0.145 e. The lowest BCUT2D eigenvalue weighted by Crippen LogP contribution is -2.25. The van der Waals surface area contributed by atoms with Crippen LogP contribution in [0.3, 0.4) is 0 Å². The van der Waals surface area contributed by atoms with Crippen LogP contribution < -0.4 is 5.32 Å². The Balaban J connectivity index is 2.28. The molecule has 1 unspecified atom stereocenters. The molecule has 0 amide bonds. The lowest BCUT2D eigenvalue weighted by molar-refractivity contribution is 0.511. The van der Waals surface area contributed by atoms with Crippen LogP contribution in [0.2, 0.25) is 5.02 Å². The van der Waals surface area contributed by atoms with Crippen molar-refractivity contribution in [3.63, 3.8) is 0 Å². The third-order valence-electron chi connectivity index (χ3n) is 3.38. The van der Waals surface area contributed by atoms with Gasteiger partial charge in [0.2, 0.25) is 0 Å². The maximum absolute atomic E-state index is 14.1. The van der Waals surface area contributed by atoms with Crippen molar-refractivity contribution in [1.82, 2.24) is 5.32 Å². The van der Waals surface area contributed by atoms with Crippen molar-refractivity contribution in [2.24, 2.45) is 0 Å². The zero-order chi connectivity index (χ0) is 15.2. The predicted molar refractivity (Wildman–Crippen MR) is 95.3 cm³/mol. The first-order valence-electron chi connectivity index (χ1n) is 7.04. The van der Waals surface area contributed by atoms with Gasteiger partial charge >= 0.3 is 0 Å². The SMILES string of the molecule is CCCNC(Cc1cccc(Cl)c1F)c1ccccc1I. The molecule has 1 nitrogen and oxygen atoms in total. The predicted octanol–water partition coefficient (Wildman–Crippen LogP) is 5.37. The highest BCUT2D eigenvalue weighted by Gasteiger charge is 2.17. The van der Waals surface area contributed by atoms with Gasteiger partial charge in [0.05, 0.1) is 5.02 Å². The Morgan fingerprint density at radius 3 is 2.67 bits per heavy atom. The summed E-state index contributed by atoms with van der Waals surface area (Å²) in [6.45, 7) is 3.03. The average molecular weight is 418 g/mol. The van der Waals surface area contributed by atoms with Crippen LogP contribution in [-0.4, -0.2) is 6.54 Å². The molecule has 0 saturated heterocycles. The van der Waals surface area contributed by atoms with Crippen molar-refractivity contribution >= 4 is 34.2 Å². The topological polar surface area (TPSA) is 12.0 Å². The number of hydrogen-bond donors (Lipinski definition) is 1. The van der Waals surface area contributed by atoms with Crippen LogP contribution in [0.15, 0.2) is 42.5 Å². The summed E-state index contributed by atoms with van der Waals surface area (Å²) in [5, 5.41) is 3.69. The first-order chi connectivity index (χ1) is 10.1. The summed E-state index contributed by atoms with van der Waals surface area (Å²) in [5.74, 6) is -0.312. The van der Waals surface area contributed by atoms with Gasteiger partial charge in [-0.3, -0.25) is 0 Å². The standard InChI is InChI=1S/C17H18ClFIN/c1-2-10-21-16(13-7-3-4-9-15(13)20)11-12-6-5-8-14(18)17(12)19/h3-9,16,21H,2,10-11H2,1H3. The molecule has 0 aliphatic carbocycles. The van der Waals surface area contributed by atoms with Gasteiger partial charge in [0, 0.05) is 9.61 Å². The Bertz CT molecular complexity index is 603. The number of rotatable bonds is 6. The van der Waals surface area contributed by atoms with Gasteiger partial charge in [-0.25, -0.2) is 4.39 Å². The van der Waals surface area contributed by atoms with Gasteiger partial charge in [-0.15, -0.1) is 0 Å². The fourth-order valence-electron chi connectivity index (χ4n) is 2.29. The van der Waals surface area contributed by atoms with E-state index in [9.17, 15) is 4.39 Å². The van der Waals surface area contributed by atoms with Crippen molar-refractivity contribution in [3.8, 4) is 0 Å². The molecule has 0 aliphatic rings. The van der Waals surface area contributed by atoms with Gasteiger partial charge in [0.15, 0.2) is 0 Å². The minimum atomic E-state index is -0.312. The molecule has 112 valence electrons. The second-order valence-corrected chi connectivity index (χ2v) is 6.51. The molecule has 1 N–H and O–H groups in total. The van der Waals surface area contributed by atoms with E-state index in [2.05, 4.69) is 47.0 Å². The Morgan fingerprint density at radius 2 is 1.95 bits per heavy atom. The highest BCUT2D eigenvalue weighted by atomic mass is 127. The van der Waals surface area contributed by atoms with Gasteiger partial charge in [0.1, 0.15) is 5.82 Å². The summed E-state index contributed by atoms with van der Waals surface area (Å²) < 4.78 is 15.3. The fourth-order valence-corrected chi connectivity index (χ4v) is 3.25. The van der Waals surface area contributed by atoms with E-state index in [1.165, 1.54) is 9.13 Å². The number of benzene rings is 2. The molecule has 0 radical (unpaired) electrons. The molecule has 4 heteroatoms. The quantitative estimate of drug-likeness (QED) is 0.623. The second kappa shape index (κ2) is 8.11. The van der Waals surface area contributed by atoms with Gasteiger partial charge in [0.25, 0.3) is 0 Å². The summed E-state index contributed by atoms with van der Waals surface area (Å²) in [7, 11) is 0. The molecule has 1 atom stereocenters. The van der Waals surface area contributed by atoms with E-state index < -0.39 is 0 Å². The van der Waals surface area contributed by atoms with Crippen LogP contribution in [0.5, 0.6) is 0 Å². The van der Waals surface area contributed by atoms with Crippen molar-refractivity contribution in [1.29, 1.82) is 0 Å². The van der Waals surface area contributed by atoms with Crippen LogP contribution in [-0.2, 0) is 6.42 Å². The minimum absolute atomic E-state index is 0.0889. The molecule has 0 aromatic heterocycles. The first-order valence-corrected chi connectivity index (χ1v) is 8.49. The number of hydrogen-bond acceptors (Lipinski definition) is 1. The Morgan fingerprint density at radius 1 is 1.19 bits per heavy atom. The van der Waals surface area contributed by atoms with E-state index in [4.69, 9.17) is 11.6 Å². The number of nitrogens with one attached hydrogen (secondary N) is 1. The summed E-state index contributed by atoms with van der Waals surface area (Å²) in [6, 6.07) is 13.5. The van der Waals surface area contributed by atoms with E-state index in [1.807, 2.05) is 12.1 Å². The van der Waals surface area contributed by atoms with E-state index in [1.54, 1.807) is 18.2 Å². The van der Waals surface area contributed by atoms with Crippen LogP contribution in [0.25, 0.3) is 0 Å². The zero-order valence-electron chi connectivity index (χ0n) is 11.9. The van der Waals surface area contributed by atoms with Crippen LogP contribution >= 0.6 is 34.2 Å². The average Bonchev–Trinajstić information content (AvgIpc) is 2.48. The third kappa shape index (κ3) is 4.41. The molecular formula is C17H18ClFIN. The first kappa shape index (κ1) is 16.7. The van der Waals surface area contributed by atoms with Gasteiger partial charge in [-0.05, 0) is 65.2 Å². The molecule has 0 heterocycles. The lowest BCUT2D eigenvalue weighted by atomic mass is 9.98. The summed E-state index contributed by atoms with van der Waals surface area (Å²) >= 11 is 8.21. The molecule has 2 aromatic rings. The normalized spacial score (nSPS) is 12.4. The lowest BCUT2D eigenvalue weighted by Gasteiger charge is -2.21. The van der Waals surface area contributed by atoms with Crippen LogP contribution in [0, 0.1) is 9.39 Å². The zero-order valence-corrected chi connectivity index (χ0v) is 14.8. The van der Waals surface area contributed by atoms with Gasteiger partial charge in [-0.1, -0.05) is 48.9 Å².